The number of halogens is 2. The molecule has 1 aromatic heterocycles. The Morgan fingerprint density at radius 2 is 1.81 bits per heavy atom. The van der Waals surface area contributed by atoms with Crippen LogP contribution in [0.3, 0.4) is 0 Å². The van der Waals surface area contributed by atoms with E-state index in [1.54, 1.807) is 13.1 Å². The van der Waals surface area contributed by atoms with Crippen molar-refractivity contribution in [3.63, 3.8) is 0 Å². The number of fused-ring (bicyclic) bond motifs is 1. The van der Waals surface area contributed by atoms with Gasteiger partial charge in [-0.15, -0.1) is 11.3 Å². The zero-order valence-corrected chi connectivity index (χ0v) is 22.0. The van der Waals surface area contributed by atoms with Crippen LogP contribution in [-0.2, 0) is 10.0 Å². The summed E-state index contributed by atoms with van der Waals surface area (Å²) in [5.74, 6) is -1.78. The molecule has 2 heterocycles. The second-order valence-corrected chi connectivity index (χ2v) is 12.8. The van der Waals surface area contributed by atoms with Crippen LogP contribution in [0.4, 0.5) is 15.8 Å². The molecular weight excluding hydrogens is 523 g/mol. The second-order valence-electron chi connectivity index (χ2n) is 9.33. The zero-order chi connectivity index (χ0) is 25.6. The predicted molar refractivity (Wildman–Crippen MR) is 140 cm³/mol. The molecule has 1 aliphatic carbocycles. The van der Waals surface area contributed by atoms with Crippen molar-refractivity contribution in [2.24, 2.45) is 5.92 Å². The molecular formula is C26H26ClFN2O4S2. The highest BCUT2D eigenvalue weighted by atomic mass is 35.5. The average Bonchev–Trinajstić information content (AvgIpc) is 3.23. The lowest BCUT2D eigenvalue weighted by molar-refractivity contribution is 0.0701. The van der Waals surface area contributed by atoms with Crippen molar-refractivity contribution in [2.45, 2.75) is 43.0 Å². The van der Waals surface area contributed by atoms with E-state index in [2.05, 4.69) is 0 Å². The van der Waals surface area contributed by atoms with Gasteiger partial charge in [0.1, 0.15) is 15.6 Å². The molecule has 0 spiro atoms. The fourth-order valence-electron chi connectivity index (χ4n) is 5.34. The van der Waals surface area contributed by atoms with E-state index in [1.165, 1.54) is 10.4 Å². The topological polar surface area (TPSA) is 77.9 Å². The molecule has 0 bridgehead atoms. The van der Waals surface area contributed by atoms with Crippen molar-refractivity contribution >= 4 is 50.3 Å². The third-order valence-corrected chi connectivity index (χ3v) is 10.6. The summed E-state index contributed by atoms with van der Waals surface area (Å²) in [6.45, 7) is 0.462. The van der Waals surface area contributed by atoms with Crippen LogP contribution in [0.15, 0.2) is 53.4 Å². The number of carboxylic acid groups (broad SMARTS) is 1. The maximum Gasteiger partial charge on any atom is 0.345 e. The number of thiophene rings is 1. The largest absolute Gasteiger partial charge is 0.477 e. The minimum absolute atomic E-state index is 0.00242. The number of likely N-dealkylation sites (N-methyl/N-ethyl adjacent to an activating group) is 1. The maximum absolute atomic E-state index is 14.8. The van der Waals surface area contributed by atoms with E-state index >= 15 is 0 Å². The molecule has 3 aromatic rings. The summed E-state index contributed by atoms with van der Waals surface area (Å²) in [7, 11) is -2.35. The Morgan fingerprint density at radius 3 is 2.44 bits per heavy atom. The van der Waals surface area contributed by atoms with Gasteiger partial charge in [-0.25, -0.2) is 17.6 Å². The first-order chi connectivity index (χ1) is 17.2. The van der Waals surface area contributed by atoms with Gasteiger partial charge < -0.3 is 10.0 Å². The molecule has 190 valence electrons. The highest BCUT2D eigenvalue weighted by Gasteiger charge is 2.41. The summed E-state index contributed by atoms with van der Waals surface area (Å²) in [6, 6.07) is 13.2. The molecule has 1 atom stereocenters. The average molecular weight is 549 g/mol. The number of sulfonamides is 1. The Labute approximate surface area is 219 Å². The standard InChI is InChI=1S/C26H26ClFN2O4S2/c1-29-22(16-8-4-2-5-9-16)15-30(17-10-6-3-7-11-17)21-13-19(27)18(12-24(21)36(29,33)34)25-20(28)14-23(35-25)26(31)32/h3,6-7,10-14,16,22H,2,4-5,8-9,15H2,1H3,(H,31,32)/t22-/m0/s1. The first-order valence-electron chi connectivity index (χ1n) is 11.9. The van der Waals surface area contributed by atoms with Gasteiger partial charge in [0, 0.05) is 30.9 Å². The summed E-state index contributed by atoms with van der Waals surface area (Å²) in [6.07, 6.45) is 5.24. The SMILES string of the molecule is CN1[C@H](C2CCCCC2)CN(c2ccccc2)c2cc(Cl)c(-c3sc(C(=O)O)cc3F)cc2S1(=O)=O. The van der Waals surface area contributed by atoms with Gasteiger partial charge in [-0.3, -0.25) is 0 Å². The predicted octanol–water partition coefficient (Wildman–Crippen LogP) is 6.63. The van der Waals surface area contributed by atoms with Crippen molar-refractivity contribution in [3.05, 3.63) is 64.2 Å². The first-order valence-corrected chi connectivity index (χ1v) is 14.5. The Bertz CT molecular complexity index is 1400. The molecule has 2 aliphatic rings. The normalized spacial score (nSPS) is 20.6. The van der Waals surface area contributed by atoms with Crippen molar-refractivity contribution < 1.29 is 22.7 Å². The van der Waals surface area contributed by atoms with E-state index in [-0.39, 0.29) is 37.2 Å². The summed E-state index contributed by atoms with van der Waals surface area (Å²) >= 11 is 7.37. The molecule has 10 heteroatoms. The lowest BCUT2D eigenvalue weighted by Crippen LogP contribution is -2.46. The Kier molecular flexibility index (Phi) is 6.84. The van der Waals surface area contributed by atoms with E-state index < -0.39 is 21.8 Å². The molecule has 2 aromatic carbocycles. The van der Waals surface area contributed by atoms with E-state index in [1.807, 2.05) is 35.2 Å². The van der Waals surface area contributed by atoms with E-state index in [0.29, 0.717) is 12.2 Å². The third-order valence-electron chi connectivity index (χ3n) is 7.24. The number of carboxylic acids is 1. The van der Waals surface area contributed by atoms with Crippen molar-refractivity contribution in [1.82, 2.24) is 4.31 Å². The number of rotatable bonds is 4. The molecule has 1 aliphatic heterocycles. The van der Waals surface area contributed by atoms with Crippen molar-refractivity contribution in [3.8, 4) is 10.4 Å². The fourth-order valence-corrected chi connectivity index (χ4v) is 8.16. The van der Waals surface area contributed by atoms with Crippen molar-refractivity contribution in [2.75, 3.05) is 18.5 Å². The van der Waals surface area contributed by atoms with E-state index in [4.69, 9.17) is 11.6 Å². The molecule has 6 nitrogen and oxygen atoms in total. The maximum atomic E-state index is 14.8. The number of anilines is 2. The quantitative estimate of drug-likeness (QED) is 0.396. The molecule has 1 N–H and O–H groups in total. The molecule has 36 heavy (non-hydrogen) atoms. The molecule has 1 saturated carbocycles. The Balaban J connectivity index is 1.71. The van der Waals surface area contributed by atoms with Gasteiger partial charge in [0.15, 0.2) is 0 Å². The number of carbonyl (C=O) groups is 1. The number of aromatic carboxylic acids is 1. The van der Waals surface area contributed by atoms with Crippen LogP contribution >= 0.6 is 22.9 Å². The Hall–Kier alpha value is -2.46. The van der Waals surface area contributed by atoms with Gasteiger partial charge in [-0.1, -0.05) is 49.1 Å². The first kappa shape index (κ1) is 25.2. The van der Waals surface area contributed by atoms with E-state index in [0.717, 1.165) is 55.2 Å². The highest BCUT2D eigenvalue weighted by Crippen LogP contribution is 2.46. The molecule has 1 fully saturated rings. The van der Waals surface area contributed by atoms with Gasteiger partial charge in [-0.2, -0.15) is 4.31 Å². The van der Waals surface area contributed by atoms with Crippen LogP contribution in [0, 0.1) is 11.7 Å². The minimum Gasteiger partial charge on any atom is -0.477 e. The minimum atomic E-state index is -3.97. The second kappa shape index (κ2) is 9.78. The van der Waals surface area contributed by atoms with Gasteiger partial charge in [-0.05, 0) is 49.1 Å². The lowest BCUT2D eigenvalue weighted by Gasteiger charge is -2.36. The number of hydrogen-bond acceptors (Lipinski definition) is 5. The summed E-state index contributed by atoms with van der Waals surface area (Å²) in [5, 5.41) is 9.46. The number of benzene rings is 2. The molecule has 0 unspecified atom stereocenters. The number of hydrogen-bond donors (Lipinski definition) is 1. The van der Waals surface area contributed by atoms with Gasteiger partial charge in [0.2, 0.25) is 10.0 Å². The van der Waals surface area contributed by atoms with Crippen molar-refractivity contribution in [1.29, 1.82) is 0 Å². The van der Waals surface area contributed by atoms with Gasteiger partial charge in [0.05, 0.1) is 15.6 Å². The summed E-state index contributed by atoms with van der Waals surface area (Å²) < 4.78 is 44.3. The zero-order valence-electron chi connectivity index (χ0n) is 19.7. The van der Waals surface area contributed by atoms with Crippen LogP contribution in [0.5, 0.6) is 0 Å². The monoisotopic (exact) mass is 548 g/mol. The molecule has 0 radical (unpaired) electrons. The van der Waals surface area contributed by atoms with Gasteiger partial charge in [0.25, 0.3) is 0 Å². The Morgan fingerprint density at radius 1 is 1.11 bits per heavy atom. The third kappa shape index (κ3) is 4.42. The summed E-state index contributed by atoms with van der Waals surface area (Å²) in [5.41, 5.74) is 1.42. The van der Waals surface area contributed by atoms with Crippen LogP contribution in [0.25, 0.3) is 10.4 Å². The number of para-hydroxylation sites is 1. The van der Waals surface area contributed by atoms with Gasteiger partial charge >= 0.3 is 5.97 Å². The van der Waals surface area contributed by atoms with E-state index in [9.17, 15) is 22.7 Å². The smallest absolute Gasteiger partial charge is 0.345 e. The van der Waals surface area contributed by atoms with Crippen LogP contribution in [0.1, 0.15) is 41.8 Å². The fraction of sp³-hybridized carbons (Fsp3) is 0.346. The number of nitrogens with zero attached hydrogens (tertiary/aromatic N) is 2. The molecule has 0 amide bonds. The van der Waals surface area contributed by atoms with Crippen LogP contribution < -0.4 is 4.90 Å². The van der Waals surface area contributed by atoms with Crippen LogP contribution in [0.2, 0.25) is 5.02 Å². The molecule has 0 saturated heterocycles. The molecule has 5 rings (SSSR count). The lowest BCUT2D eigenvalue weighted by atomic mass is 9.83. The van der Waals surface area contributed by atoms with Crippen LogP contribution in [-0.4, -0.2) is 43.4 Å². The highest BCUT2D eigenvalue weighted by molar-refractivity contribution is 7.89. The summed E-state index contributed by atoms with van der Waals surface area (Å²) in [4.78, 5) is 13.2.